The van der Waals surface area contributed by atoms with Crippen molar-refractivity contribution in [3.63, 3.8) is 0 Å². The molecule has 0 radical (unpaired) electrons. The van der Waals surface area contributed by atoms with Crippen LogP contribution in [0.2, 0.25) is 0 Å². The highest BCUT2D eigenvalue weighted by Crippen LogP contribution is 2.33. The number of carbonyl (C=O) groups excluding carboxylic acids is 1. The van der Waals surface area contributed by atoms with Crippen LogP contribution in [0.4, 0.5) is 8.78 Å². The maximum Gasteiger partial charge on any atom is 0.387 e. The van der Waals surface area contributed by atoms with E-state index in [0.29, 0.717) is 18.7 Å². The molecule has 0 saturated heterocycles. The van der Waals surface area contributed by atoms with Gasteiger partial charge in [-0.3, -0.25) is 4.79 Å². The molecule has 1 N–H and O–H groups in total. The Bertz CT molecular complexity index is 990. The predicted octanol–water partition coefficient (Wildman–Crippen LogP) is 3.27. The molecule has 3 aromatic rings. The van der Waals surface area contributed by atoms with Crippen LogP contribution >= 0.6 is 0 Å². The zero-order valence-corrected chi connectivity index (χ0v) is 16.2. The second-order valence-corrected chi connectivity index (χ2v) is 6.22. The Morgan fingerprint density at radius 3 is 2.63 bits per heavy atom. The Balaban J connectivity index is 1.57. The molecular weight excluding hydrogens is 394 g/mol. The first-order chi connectivity index (χ1) is 14.5. The molecule has 2 aromatic carbocycles. The van der Waals surface area contributed by atoms with Gasteiger partial charge in [0, 0.05) is 18.2 Å². The minimum Gasteiger partial charge on any atom is -0.493 e. The van der Waals surface area contributed by atoms with Crippen LogP contribution in [-0.4, -0.2) is 34.4 Å². The number of alkyl halides is 2. The summed E-state index contributed by atoms with van der Waals surface area (Å²) < 4.78 is 36.6. The largest absolute Gasteiger partial charge is 0.493 e. The van der Waals surface area contributed by atoms with Crippen molar-refractivity contribution in [3.05, 3.63) is 77.9 Å². The first-order valence-corrected chi connectivity index (χ1v) is 9.03. The number of hydrogen-bond acceptors (Lipinski definition) is 5. The molecule has 7 nitrogen and oxygen atoms in total. The molecule has 0 bridgehead atoms. The number of ether oxygens (including phenoxy) is 2. The van der Waals surface area contributed by atoms with Gasteiger partial charge in [0.25, 0.3) is 0 Å². The van der Waals surface area contributed by atoms with Gasteiger partial charge in [-0.25, -0.2) is 9.67 Å². The molecule has 3 rings (SSSR count). The van der Waals surface area contributed by atoms with Crippen LogP contribution in [0.15, 0.2) is 61.2 Å². The predicted molar refractivity (Wildman–Crippen MR) is 106 cm³/mol. The summed E-state index contributed by atoms with van der Waals surface area (Å²) in [5.41, 5.74) is 2.28. The maximum atomic E-state index is 12.7. The minimum absolute atomic E-state index is 0.123. The van der Waals surface area contributed by atoms with Crippen LogP contribution in [0, 0.1) is 0 Å². The Morgan fingerprint density at radius 2 is 1.97 bits per heavy atom. The number of rotatable bonds is 9. The van der Waals surface area contributed by atoms with E-state index >= 15 is 0 Å². The van der Waals surface area contributed by atoms with E-state index in [0.717, 1.165) is 11.1 Å². The number of para-hydroxylation sites is 1. The molecule has 0 saturated carbocycles. The zero-order chi connectivity index (χ0) is 21.3. The van der Waals surface area contributed by atoms with Crippen LogP contribution in [0.1, 0.15) is 16.7 Å². The lowest BCUT2D eigenvalue weighted by molar-refractivity contribution is -0.116. The van der Waals surface area contributed by atoms with E-state index < -0.39 is 6.61 Å². The third-order valence-corrected chi connectivity index (χ3v) is 4.15. The highest BCUT2D eigenvalue weighted by Gasteiger charge is 2.14. The minimum atomic E-state index is -3.00. The number of nitrogens with one attached hydrogen (secondary N) is 1. The highest BCUT2D eigenvalue weighted by molar-refractivity contribution is 5.92. The van der Waals surface area contributed by atoms with Crippen LogP contribution < -0.4 is 14.8 Å². The Hall–Kier alpha value is -3.75. The van der Waals surface area contributed by atoms with Gasteiger partial charge < -0.3 is 14.8 Å². The molecule has 0 aliphatic rings. The fourth-order valence-corrected chi connectivity index (χ4v) is 2.72. The summed E-state index contributed by atoms with van der Waals surface area (Å²) in [5.74, 6) is -0.335. The van der Waals surface area contributed by atoms with Crippen LogP contribution in [-0.2, 0) is 17.9 Å². The molecule has 0 spiro atoms. The Morgan fingerprint density at radius 1 is 1.20 bits per heavy atom. The van der Waals surface area contributed by atoms with Crippen LogP contribution in [0.3, 0.4) is 0 Å². The summed E-state index contributed by atoms with van der Waals surface area (Å²) in [6.45, 7) is -2.07. The van der Waals surface area contributed by atoms with Crippen molar-refractivity contribution in [1.29, 1.82) is 0 Å². The van der Waals surface area contributed by atoms with Crippen molar-refractivity contribution < 1.29 is 23.0 Å². The SMILES string of the molecule is COc1cccc(/C=C/C(=O)NCc2ccc(Cn3cncn3)cc2)c1OC(F)F. The van der Waals surface area contributed by atoms with Gasteiger partial charge in [0.05, 0.1) is 13.7 Å². The van der Waals surface area contributed by atoms with Crippen LogP contribution in [0.25, 0.3) is 6.08 Å². The summed E-state index contributed by atoms with van der Waals surface area (Å²) in [4.78, 5) is 16.0. The van der Waals surface area contributed by atoms with Gasteiger partial charge in [-0.2, -0.15) is 13.9 Å². The number of amides is 1. The smallest absolute Gasteiger partial charge is 0.387 e. The van der Waals surface area contributed by atoms with Gasteiger partial charge in [-0.15, -0.1) is 0 Å². The van der Waals surface area contributed by atoms with Gasteiger partial charge in [0.1, 0.15) is 12.7 Å². The normalized spacial score (nSPS) is 11.1. The third kappa shape index (κ3) is 5.87. The molecular formula is C21H20F2N4O3. The van der Waals surface area contributed by atoms with E-state index in [1.807, 2.05) is 24.3 Å². The number of carbonyl (C=O) groups is 1. The average molecular weight is 414 g/mol. The second kappa shape index (κ2) is 10.1. The second-order valence-electron chi connectivity index (χ2n) is 6.22. The Kier molecular flexibility index (Phi) is 7.09. The van der Waals surface area contributed by atoms with E-state index in [1.165, 1.54) is 31.7 Å². The van der Waals surface area contributed by atoms with Crippen molar-refractivity contribution in [3.8, 4) is 11.5 Å². The van der Waals surface area contributed by atoms with Gasteiger partial charge >= 0.3 is 6.61 Å². The summed E-state index contributed by atoms with van der Waals surface area (Å²) in [5, 5.41) is 6.80. The van der Waals surface area contributed by atoms with Crippen molar-refractivity contribution in [2.45, 2.75) is 19.7 Å². The van der Waals surface area contributed by atoms with Gasteiger partial charge in [-0.05, 0) is 23.3 Å². The third-order valence-electron chi connectivity index (χ3n) is 4.15. The summed E-state index contributed by atoms with van der Waals surface area (Å²) in [7, 11) is 1.35. The zero-order valence-electron chi connectivity index (χ0n) is 16.2. The number of halogens is 2. The van der Waals surface area contributed by atoms with E-state index in [4.69, 9.17) is 4.74 Å². The lowest BCUT2D eigenvalue weighted by Crippen LogP contribution is -2.20. The molecule has 0 atom stereocenters. The number of benzene rings is 2. The fraction of sp³-hybridized carbons (Fsp3) is 0.190. The standard InChI is InChI=1S/C21H20F2N4O3/c1-29-18-4-2-3-17(20(18)30-21(22)23)9-10-19(28)25-11-15-5-7-16(8-6-15)12-27-14-24-13-26-27/h2-10,13-14,21H,11-12H2,1H3,(H,25,28)/b10-9+. The van der Waals surface area contributed by atoms with Gasteiger partial charge in [0.2, 0.25) is 5.91 Å². The molecule has 30 heavy (non-hydrogen) atoms. The van der Waals surface area contributed by atoms with Crippen molar-refractivity contribution in [1.82, 2.24) is 20.1 Å². The van der Waals surface area contributed by atoms with Crippen LogP contribution in [0.5, 0.6) is 11.5 Å². The molecule has 156 valence electrons. The molecule has 1 aromatic heterocycles. The number of nitrogens with zero attached hydrogens (tertiary/aromatic N) is 3. The topological polar surface area (TPSA) is 78.3 Å². The molecule has 1 heterocycles. The van der Waals surface area contributed by atoms with Crippen molar-refractivity contribution >= 4 is 12.0 Å². The van der Waals surface area contributed by atoms with Crippen molar-refractivity contribution in [2.75, 3.05) is 7.11 Å². The first kappa shape index (κ1) is 21.0. The number of methoxy groups -OCH3 is 1. The summed E-state index contributed by atoms with van der Waals surface area (Å²) >= 11 is 0. The van der Waals surface area contributed by atoms with Gasteiger partial charge in [0.15, 0.2) is 11.5 Å². The molecule has 1 amide bonds. The molecule has 0 unspecified atom stereocenters. The molecule has 0 aliphatic heterocycles. The highest BCUT2D eigenvalue weighted by atomic mass is 19.3. The quantitative estimate of drug-likeness (QED) is 0.544. The summed E-state index contributed by atoms with van der Waals surface area (Å²) in [6, 6.07) is 12.4. The molecule has 9 heteroatoms. The monoisotopic (exact) mass is 414 g/mol. The Labute approximate surface area is 172 Å². The average Bonchev–Trinajstić information content (AvgIpc) is 3.25. The maximum absolute atomic E-state index is 12.7. The number of hydrogen-bond donors (Lipinski definition) is 1. The lowest BCUT2D eigenvalue weighted by atomic mass is 10.1. The molecule has 0 fully saturated rings. The van der Waals surface area contributed by atoms with E-state index in [2.05, 4.69) is 20.1 Å². The fourth-order valence-electron chi connectivity index (χ4n) is 2.72. The van der Waals surface area contributed by atoms with Gasteiger partial charge in [-0.1, -0.05) is 36.4 Å². The molecule has 0 aliphatic carbocycles. The van der Waals surface area contributed by atoms with E-state index in [1.54, 1.807) is 23.1 Å². The van der Waals surface area contributed by atoms with E-state index in [-0.39, 0.29) is 17.4 Å². The van der Waals surface area contributed by atoms with E-state index in [9.17, 15) is 13.6 Å². The lowest BCUT2D eigenvalue weighted by Gasteiger charge is -2.12. The summed E-state index contributed by atoms with van der Waals surface area (Å²) in [6.07, 6.45) is 5.77. The van der Waals surface area contributed by atoms with Crippen molar-refractivity contribution in [2.24, 2.45) is 0 Å². The number of aromatic nitrogens is 3. The first-order valence-electron chi connectivity index (χ1n) is 9.03.